The lowest BCUT2D eigenvalue weighted by atomic mass is 9.81. The van der Waals surface area contributed by atoms with Crippen LogP contribution >= 0.6 is 0 Å². The van der Waals surface area contributed by atoms with Gasteiger partial charge in [-0.3, -0.25) is 0 Å². The number of aliphatic hydroxyl groups excluding tert-OH is 1. The Labute approximate surface area is 250 Å². The molecule has 2 aromatic rings. The second-order valence-electron chi connectivity index (χ2n) is 10.8. The Kier molecular flexibility index (Phi) is 13.3. The molecular weight excluding hydrogens is 540 g/mol. The summed E-state index contributed by atoms with van der Waals surface area (Å²) in [6.45, 7) is 6.95. The fourth-order valence-electron chi connectivity index (χ4n) is 5.54. The second kappa shape index (κ2) is 17.1. The van der Waals surface area contributed by atoms with Crippen LogP contribution in [-0.4, -0.2) is 104 Å². The Morgan fingerprint density at radius 3 is 2.57 bits per heavy atom. The zero-order valence-electron chi connectivity index (χ0n) is 25.3. The summed E-state index contributed by atoms with van der Waals surface area (Å²) in [5.74, 6) is 0.901. The van der Waals surface area contributed by atoms with E-state index in [4.69, 9.17) is 33.2 Å². The molecule has 0 aromatic heterocycles. The number of fused-ring (bicyclic) bond motifs is 1. The van der Waals surface area contributed by atoms with Crippen molar-refractivity contribution in [1.82, 2.24) is 5.32 Å². The van der Waals surface area contributed by atoms with Crippen LogP contribution in [0.5, 0.6) is 5.75 Å². The number of methoxy groups -OCH3 is 3. The first-order valence-electron chi connectivity index (χ1n) is 14.9. The van der Waals surface area contributed by atoms with Crippen LogP contribution in [0.1, 0.15) is 29.5 Å². The fourth-order valence-corrected chi connectivity index (χ4v) is 5.54. The van der Waals surface area contributed by atoms with Gasteiger partial charge < -0.3 is 48.5 Å². The monoisotopic (exact) mass is 588 g/mol. The van der Waals surface area contributed by atoms with E-state index in [0.29, 0.717) is 46.0 Å². The van der Waals surface area contributed by atoms with Crippen LogP contribution in [0.25, 0.3) is 0 Å². The minimum Gasteiger partial charge on any atom is -0.490 e. The number of piperidine rings is 1. The van der Waals surface area contributed by atoms with Gasteiger partial charge >= 0.3 is 0 Å². The van der Waals surface area contributed by atoms with Gasteiger partial charge in [-0.1, -0.05) is 30.3 Å². The van der Waals surface area contributed by atoms with Crippen molar-refractivity contribution >= 4 is 5.69 Å². The summed E-state index contributed by atoms with van der Waals surface area (Å²) in [5.41, 5.74) is 3.51. The first kappa shape index (κ1) is 32.6. The first-order valence-corrected chi connectivity index (χ1v) is 14.9. The summed E-state index contributed by atoms with van der Waals surface area (Å²) >= 11 is 0. The molecule has 0 aliphatic carbocycles. The number of benzene rings is 2. The maximum Gasteiger partial charge on any atom is 0.142 e. The average molecular weight is 589 g/mol. The fraction of sp³-hybridized carbons (Fsp3) is 0.625. The Hall–Kier alpha value is -2.28. The molecule has 10 nitrogen and oxygen atoms in total. The molecule has 10 heteroatoms. The van der Waals surface area contributed by atoms with Crippen LogP contribution in [0.2, 0.25) is 0 Å². The van der Waals surface area contributed by atoms with Gasteiger partial charge in [0, 0.05) is 41.0 Å². The molecule has 2 aliphatic heterocycles. The minimum atomic E-state index is -0.737. The number of aliphatic hydroxyl groups is 1. The van der Waals surface area contributed by atoms with E-state index in [1.54, 1.807) is 21.3 Å². The molecule has 0 saturated carbocycles. The third kappa shape index (κ3) is 8.87. The lowest BCUT2D eigenvalue weighted by Gasteiger charge is -2.44. The van der Waals surface area contributed by atoms with E-state index < -0.39 is 11.7 Å². The summed E-state index contributed by atoms with van der Waals surface area (Å²) < 4.78 is 40.4. The molecule has 234 valence electrons. The highest BCUT2D eigenvalue weighted by molar-refractivity contribution is 5.61. The third-order valence-electron chi connectivity index (χ3n) is 7.77. The zero-order valence-corrected chi connectivity index (χ0v) is 25.3. The van der Waals surface area contributed by atoms with E-state index in [9.17, 15) is 5.11 Å². The van der Waals surface area contributed by atoms with Crippen LogP contribution in [0.4, 0.5) is 5.69 Å². The maximum absolute atomic E-state index is 10.5. The third-order valence-corrected chi connectivity index (χ3v) is 7.77. The molecule has 2 aromatic carbocycles. The van der Waals surface area contributed by atoms with E-state index in [0.717, 1.165) is 60.8 Å². The molecular formula is C32H48N2O8. The van der Waals surface area contributed by atoms with Gasteiger partial charge in [0.25, 0.3) is 0 Å². The van der Waals surface area contributed by atoms with Crippen molar-refractivity contribution in [2.24, 2.45) is 0 Å². The highest BCUT2D eigenvalue weighted by Gasteiger charge is 2.45. The van der Waals surface area contributed by atoms with Crippen LogP contribution in [0.3, 0.4) is 0 Å². The quantitative estimate of drug-likeness (QED) is 0.253. The molecule has 2 heterocycles. The number of nitrogens with one attached hydrogen (secondary N) is 1. The van der Waals surface area contributed by atoms with Crippen LogP contribution in [0, 0.1) is 0 Å². The molecule has 2 aliphatic rings. The number of anilines is 1. The van der Waals surface area contributed by atoms with E-state index in [2.05, 4.69) is 46.6 Å². The van der Waals surface area contributed by atoms with Crippen molar-refractivity contribution in [2.75, 3.05) is 92.0 Å². The molecule has 0 radical (unpaired) electrons. The van der Waals surface area contributed by atoms with Crippen molar-refractivity contribution < 1.29 is 38.3 Å². The summed E-state index contributed by atoms with van der Waals surface area (Å²) in [4.78, 5) is 2.36. The van der Waals surface area contributed by atoms with Gasteiger partial charge in [0.15, 0.2) is 0 Å². The largest absolute Gasteiger partial charge is 0.490 e. The summed E-state index contributed by atoms with van der Waals surface area (Å²) in [5, 5.41) is 14.0. The standard InChI is InChI=1S/C32H48N2O8/c1-36-15-4-13-34-14-16-40-30-10-7-26(19-29(30)34)22-41-31-20-33-12-11-32(31,42-24-28(35)23-38-3)27-8-5-25(6-9-27)21-39-18-17-37-2/h5-10,19,28,31,33,35H,4,11-18,20-24H2,1-3H3/t28-,31-,32-/m0/s1. The van der Waals surface area contributed by atoms with Crippen molar-refractivity contribution in [1.29, 1.82) is 0 Å². The summed E-state index contributed by atoms with van der Waals surface area (Å²) in [7, 11) is 4.97. The lowest BCUT2D eigenvalue weighted by molar-refractivity contribution is -0.185. The van der Waals surface area contributed by atoms with Crippen LogP contribution in [-0.2, 0) is 47.2 Å². The Morgan fingerprint density at radius 2 is 1.79 bits per heavy atom. The van der Waals surface area contributed by atoms with E-state index in [1.807, 2.05) is 6.07 Å². The minimum absolute atomic E-state index is 0.141. The Morgan fingerprint density at radius 1 is 0.976 bits per heavy atom. The number of rotatable bonds is 18. The predicted octanol–water partition coefficient (Wildman–Crippen LogP) is 2.88. The van der Waals surface area contributed by atoms with Crippen LogP contribution < -0.4 is 15.0 Å². The molecule has 1 saturated heterocycles. The first-order chi connectivity index (χ1) is 20.6. The second-order valence-corrected chi connectivity index (χ2v) is 10.8. The van der Waals surface area contributed by atoms with Crippen LogP contribution in [0.15, 0.2) is 42.5 Å². The lowest BCUT2D eigenvalue weighted by Crippen LogP contribution is -2.55. The maximum atomic E-state index is 10.5. The number of hydrogen-bond donors (Lipinski definition) is 2. The zero-order chi connectivity index (χ0) is 29.6. The molecule has 0 spiro atoms. The van der Waals surface area contributed by atoms with Gasteiger partial charge in [0.05, 0.1) is 51.9 Å². The van der Waals surface area contributed by atoms with E-state index >= 15 is 0 Å². The number of hydrogen-bond acceptors (Lipinski definition) is 10. The molecule has 4 rings (SSSR count). The SMILES string of the molecule is COCCCN1CCOc2ccc(CO[C@H]3CNCC[C@]3(OC[C@@H](O)COC)c3ccc(COCCOC)cc3)cc21. The molecule has 1 fully saturated rings. The summed E-state index contributed by atoms with van der Waals surface area (Å²) in [6.07, 6.45) is 0.638. The van der Waals surface area contributed by atoms with Crippen molar-refractivity contribution in [3.05, 3.63) is 59.2 Å². The molecule has 0 bridgehead atoms. The summed E-state index contributed by atoms with van der Waals surface area (Å²) in [6, 6.07) is 14.6. The van der Waals surface area contributed by atoms with Crippen molar-refractivity contribution in [3.8, 4) is 5.75 Å². The molecule has 0 amide bonds. The smallest absolute Gasteiger partial charge is 0.142 e. The molecule has 2 N–H and O–H groups in total. The highest BCUT2D eigenvalue weighted by atomic mass is 16.6. The van der Waals surface area contributed by atoms with Gasteiger partial charge in [-0.25, -0.2) is 0 Å². The van der Waals surface area contributed by atoms with Crippen molar-refractivity contribution in [3.63, 3.8) is 0 Å². The van der Waals surface area contributed by atoms with Crippen molar-refractivity contribution in [2.45, 2.75) is 43.9 Å². The Balaban J connectivity index is 1.51. The molecule has 3 atom stereocenters. The molecule has 0 unspecified atom stereocenters. The average Bonchev–Trinajstić information content (AvgIpc) is 3.02. The number of ether oxygens (including phenoxy) is 7. The topological polar surface area (TPSA) is 100 Å². The predicted molar refractivity (Wildman–Crippen MR) is 160 cm³/mol. The molecule has 42 heavy (non-hydrogen) atoms. The normalized spacial score (nSPS) is 21.1. The van der Waals surface area contributed by atoms with Gasteiger partial charge in [-0.2, -0.15) is 0 Å². The van der Waals surface area contributed by atoms with E-state index in [1.165, 1.54) is 0 Å². The van der Waals surface area contributed by atoms with Gasteiger partial charge in [0.1, 0.15) is 30.2 Å². The van der Waals surface area contributed by atoms with Gasteiger partial charge in [0.2, 0.25) is 0 Å². The van der Waals surface area contributed by atoms with Gasteiger partial charge in [-0.05, 0) is 48.2 Å². The van der Waals surface area contributed by atoms with E-state index in [-0.39, 0.29) is 19.3 Å². The highest BCUT2D eigenvalue weighted by Crippen LogP contribution is 2.38. The number of nitrogens with zero attached hydrogens (tertiary/aromatic N) is 1. The van der Waals surface area contributed by atoms with Gasteiger partial charge in [-0.15, -0.1) is 0 Å². The Bertz CT molecular complexity index is 1060.